The number of aryl methyl sites for hydroxylation is 1. The molecule has 3 aromatic rings. The zero-order valence-electron chi connectivity index (χ0n) is 15.2. The van der Waals surface area contributed by atoms with Crippen LogP contribution in [0.5, 0.6) is 0 Å². The van der Waals surface area contributed by atoms with Crippen LogP contribution in [-0.4, -0.2) is 33.6 Å². The molecule has 0 atom stereocenters. The number of benzene rings is 1. The number of aromatic nitrogens is 4. The predicted molar refractivity (Wildman–Crippen MR) is 97.3 cm³/mol. The number of alkyl halides is 3. The molecule has 1 aliphatic carbocycles. The number of fused-ring (bicyclic) bond motifs is 1. The van der Waals surface area contributed by atoms with Gasteiger partial charge in [0, 0.05) is 38.8 Å². The molecule has 0 unspecified atom stereocenters. The van der Waals surface area contributed by atoms with E-state index in [1.54, 1.807) is 26.2 Å². The summed E-state index contributed by atoms with van der Waals surface area (Å²) in [6.45, 7) is 0. The van der Waals surface area contributed by atoms with Crippen molar-refractivity contribution in [3.63, 3.8) is 0 Å². The number of hydrogen-bond acceptors (Lipinski definition) is 5. The molecule has 1 saturated carbocycles. The summed E-state index contributed by atoms with van der Waals surface area (Å²) in [5.74, 6) is 1.63. The third kappa shape index (κ3) is 3.41. The lowest BCUT2D eigenvalue weighted by Crippen LogP contribution is -2.16. The fourth-order valence-corrected chi connectivity index (χ4v) is 3.00. The highest BCUT2D eigenvalue weighted by molar-refractivity contribution is 5.81. The van der Waals surface area contributed by atoms with Crippen LogP contribution in [-0.2, 0) is 13.2 Å². The summed E-state index contributed by atoms with van der Waals surface area (Å²) in [4.78, 5) is 14.0. The third-order valence-electron chi connectivity index (χ3n) is 4.58. The van der Waals surface area contributed by atoms with Crippen molar-refractivity contribution < 1.29 is 13.2 Å². The van der Waals surface area contributed by atoms with Gasteiger partial charge in [-0.2, -0.15) is 18.2 Å². The molecule has 142 valence electrons. The number of anilines is 3. The molecule has 6 nitrogen and oxygen atoms in total. The van der Waals surface area contributed by atoms with Gasteiger partial charge in [0.2, 0.25) is 5.95 Å². The summed E-state index contributed by atoms with van der Waals surface area (Å²) in [6.07, 6.45) is -2.25. The van der Waals surface area contributed by atoms with Crippen LogP contribution in [0.25, 0.3) is 11.0 Å². The van der Waals surface area contributed by atoms with Gasteiger partial charge in [0.05, 0.1) is 11.0 Å². The van der Waals surface area contributed by atoms with Gasteiger partial charge in [0.1, 0.15) is 11.6 Å². The fourth-order valence-electron chi connectivity index (χ4n) is 3.00. The largest absolute Gasteiger partial charge is 0.433 e. The Balaban J connectivity index is 1.69. The van der Waals surface area contributed by atoms with Gasteiger partial charge < -0.3 is 14.8 Å². The molecular weight excluding hydrogens is 357 g/mol. The molecule has 0 bridgehead atoms. The summed E-state index contributed by atoms with van der Waals surface area (Å²) in [5, 5.41) is 2.88. The van der Waals surface area contributed by atoms with E-state index in [0.29, 0.717) is 11.6 Å². The van der Waals surface area contributed by atoms with Crippen molar-refractivity contribution in [2.45, 2.75) is 24.9 Å². The van der Waals surface area contributed by atoms with E-state index in [4.69, 9.17) is 0 Å². The van der Waals surface area contributed by atoms with Gasteiger partial charge in [-0.25, -0.2) is 9.97 Å². The average Bonchev–Trinajstić information content (AvgIpc) is 3.38. The van der Waals surface area contributed by atoms with Crippen LogP contribution in [0.4, 0.5) is 30.6 Å². The molecule has 4 rings (SSSR count). The van der Waals surface area contributed by atoms with Crippen LogP contribution in [0.3, 0.4) is 0 Å². The van der Waals surface area contributed by atoms with Crippen molar-refractivity contribution >= 4 is 28.5 Å². The highest BCUT2D eigenvalue weighted by Gasteiger charge is 2.34. The summed E-state index contributed by atoms with van der Waals surface area (Å²) < 4.78 is 41.5. The van der Waals surface area contributed by atoms with Crippen LogP contribution in [0.1, 0.15) is 30.3 Å². The van der Waals surface area contributed by atoms with E-state index in [9.17, 15) is 13.2 Å². The Morgan fingerprint density at radius 3 is 2.48 bits per heavy atom. The third-order valence-corrected chi connectivity index (χ3v) is 4.58. The van der Waals surface area contributed by atoms with Gasteiger partial charge in [-0.15, -0.1) is 0 Å². The Morgan fingerprint density at radius 2 is 1.85 bits per heavy atom. The Labute approximate surface area is 154 Å². The van der Waals surface area contributed by atoms with Crippen molar-refractivity contribution in [2.75, 3.05) is 24.3 Å². The number of hydrogen-bond donors (Lipinski definition) is 1. The van der Waals surface area contributed by atoms with Crippen molar-refractivity contribution in [1.29, 1.82) is 0 Å². The minimum atomic E-state index is -4.55. The first kappa shape index (κ1) is 17.6. The minimum Gasteiger partial charge on any atom is -0.363 e. The number of imidazole rings is 1. The highest BCUT2D eigenvalue weighted by atomic mass is 19.4. The van der Waals surface area contributed by atoms with E-state index < -0.39 is 11.9 Å². The standard InChI is InChI=1S/C18H19F3N6/c1-26(2)15-9-14(18(19,20)21)24-17(25-15)22-11-6-7-13-12(8-11)23-16(27(13)3)10-4-5-10/h6-10H,4-5H2,1-3H3,(H,22,24,25). The van der Waals surface area contributed by atoms with Gasteiger partial charge in [0.15, 0.2) is 5.69 Å². The Hall–Kier alpha value is -2.84. The van der Waals surface area contributed by atoms with Gasteiger partial charge in [-0.05, 0) is 31.0 Å². The lowest BCUT2D eigenvalue weighted by atomic mass is 10.2. The van der Waals surface area contributed by atoms with E-state index in [1.807, 2.05) is 13.1 Å². The summed E-state index contributed by atoms with van der Waals surface area (Å²) in [7, 11) is 5.24. The molecule has 1 N–H and O–H groups in total. The number of nitrogens with zero attached hydrogens (tertiary/aromatic N) is 5. The lowest BCUT2D eigenvalue weighted by molar-refractivity contribution is -0.141. The second-order valence-corrected chi connectivity index (χ2v) is 6.96. The maximum atomic E-state index is 13.1. The smallest absolute Gasteiger partial charge is 0.363 e. The van der Waals surface area contributed by atoms with Crippen molar-refractivity contribution in [3.05, 3.63) is 35.8 Å². The topological polar surface area (TPSA) is 58.9 Å². The molecule has 1 fully saturated rings. The molecule has 0 amide bonds. The minimum absolute atomic E-state index is 0.105. The molecule has 0 spiro atoms. The van der Waals surface area contributed by atoms with Gasteiger partial charge in [-0.3, -0.25) is 0 Å². The van der Waals surface area contributed by atoms with E-state index in [-0.39, 0.29) is 11.8 Å². The molecule has 2 aromatic heterocycles. The first-order valence-corrected chi connectivity index (χ1v) is 8.59. The van der Waals surface area contributed by atoms with Crippen LogP contribution < -0.4 is 10.2 Å². The zero-order valence-corrected chi connectivity index (χ0v) is 15.2. The number of nitrogens with one attached hydrogen (secondary N) is 1. The molecule has 27 heavy (non-hydrogen) atoms. The Kier molecular flexibility index (Phi) is 3.97. The van der Waals surface area contributed by atoms with Crippen LogP contribution in [0.2, 0.25) is 0 Å². The van der Waals surface area contributed by atoms with Crippen molar-refractivity contribution in [1.82, 2.24) is 19.5 Å². The maximum absolute atomic E-state index is 13.1. The van der Waals surface area contributed by atoms with Crippen molar-refractivity contribution in [2.24, 2.45) is 7.05 Å². The Morgan fingerprint density at radius 1 is 1.11 bits per heavy atom. The first-order chi connectivity index (χ1) is 12.7. The molecule has 0 radical (unpaired) electrons. The summed E-state index contributed by atoms with van der Waals surface area (Å²) >= 11 is 0. The second kappa shape index (κ2) is 6.11. The lowest BCUT2D eigenvalue weighted by Gasteiger charge is -2.16. The van der Waals surface area contributed by atoms with Crippen LogP contribution >= 0.6 is 0 Å². The maximum Gasteiger partial charge on any atom is 0.433 e. The fraction of sp³-hybridized carbons (Fsp3) is 0.389. The zero-order chi connectivity index (χ0) is 19.3. The number of rotatable bonds is 4. The van der Waals surface area contributed by atoms with E-state index in [2.05, 4.69) is 24.8 Å². The normalized spacial score (nSPS) is 14.6. The van der Waals surface area contributed by atoms with Crippen LogP contribution in [0, 0.1) is 0 Å². The van der Waals surface area contributed by atoms with E-state index >= 15 is 0 Å². The second-order valence-electron chi connectivity index (χ2n) is 6.96. The van der Waals surface area contributed by atoms with Gasteiger partial charge in [0.25, 0.3) is 0 Å². The molecule has 0 saturated heterocycles. The Bertz CT molecular complexity index is 1000. The van der Waals surface area contributed by atoms with Crippen LogP contribution in [0.15, 0.2) is 24.3 Å². The SMILES string of the molecule is CN(C)c1cc(C(F)(F)F)nc(Nc2ccc3c(c2)nc(C2CC2)n3C)n1. The molecule has 1 aromatic carbocycles. The summed E-state index contributed by atoms with van der Waals surface area (Å²) in [5.41, 5.74) is 1.39. The molecule has 2 heterocycles. The van der Waals surface area contributed by atoms with Gasteiger partial charge >= 0.3 is 6.18 Å². The quantitative estimate of drug-likeness (QED) is 0.744. The molecule has 0 aliphatic heterocycles. The predicted octanol–water partition coefficient (Wildman–Crippen LogP) is 4.07. The molecule has 1 aliphatic rings. The monoisotopic (exact) mass is 376 g/mol. The average molecular weight is 376 g/mol. The molecule has 9 heteroatoms. The summed E-state index contributed by atoms with van der Waals surface area (Å²) in [6, 6.07) is 6.42. The first-order valence-electron chi connectivity index (χ1n) is 8.59. The van der Waals surface area contributed by atoms with E-state index in [0.717, 1.165) is 35.8 Å². The number of halogens is 3. The molecular formula is C18H19F3N6. The van der Waals surface area contributed by atoms with E-state index in [1.165, 1.54) is 4.90 Å². The van der Waals surface area contributed by atoms with Gasteiger partial charge in [-0.1, -0.05) is 0 Å². The van der Waals surface area contributed by atoms with Crippen molar-refractivity contribution in [3.8, 4) is 0 Å². The highest BCUT2D eigenvalue weighted by Crippen LogP contribution is 2.40.